The van der Waals surface area contributed by atoms with E-state index in [1.165, 1.54) is 11.8 Å². The number of nitrogens with zero attached hydrogens (tertiary/aromatic N) is 5. The highest BCUT2D eigenvalue weighted by Gasteiger charge is 2.13. The van der Waals surface area contributed by atoms with Crippen LogP contribution in [0.25, 0.3) is 0 Å². The molecule has 0 saturated carbocycles. The molecule has 0 fully saturated rings. The zero-order chi connectivity index (χ0) is 15.1. The highest BCUT2D eigenvalue weighted by atomic mass is 32.2. The Morgan fingerprint density at radius 2 is 2.14 bits per heavy atom. The van der Waals surface area contributed by atoms with Crippen LogP contribution < -0.4 is 11.1 Å². The zero-order valence-corrected chi connectivity index (χ0v) is 12.5. The molecule has 2 heterocycles. The van der Waals surface area contributed by atoms with E-state index in [9.17, 15) is 4.79 Å². The molecule has 0 aliphatic heterocycles. The molecule has 0 bridgehead atoms. The molecule has 2 rings (SSSR count). The van der Waals surface area contributed by atoms with Crippen LogP contribution in [0.4, 0.5) is 5.95 Å². The Morgan fingerprint density at radius 1 is 1.38 bits per heavy atom. The minimum atomic E-state index is -0.188. The number of nitrogens with two attached hydrogens (primary N) is 1. The molecule has 0 aliphatic carbocycles. The van der Waals surface area contributed by atoms with Crippen LogP contribution >= 0.6 is 11.8 Å². The largest absolute Gasteiger partial charge is 0.324 e. The Morgan fingerprint density at radius 3 is 2.81 bits per heavy atom. The lowest BCUT2D eigenvalue weighted by atomic mass is 10.4. The van der Waals surface area contributed by atoms with Gasteiger partial charge in [0, 0.05) is 18.9 Å². The Kier molecular flexibility index (Phi) is 5.64. The Bertz CT molecular complexity index is 587. The van der Waals surface area contributed by atoms with E-state index < -0.39 is 0 Å². The van der Waals surface area contributed by atoms with E-state index in [1.54, 1.807) is 18.5 Å². The first-order chi connectivity index (χ1) is 10.2. The molecule has 8 nitrogen and oxygen atoms in total. The van der Waals surface area contributed by atoms with Crippen molar-refractivity contribution in [2.75, 3.05) is 11.1 Å². The Hall–Kier alpha value is -2.00. The fourth-order valence-electron chi connectivity index (χ4n) is 1.68. The van der Waals surface area contributed by atoms with Crippen molar-refractivity contribution in [3.05, 3.63) is 24.3 Å². The second kappa shape index (κ2) is 7.70. The van der Waals surface area contributed by atoms with Gasteiger partial charge in [0.15, 0.2) is 5.16 Å². The van der Waals surface area contributed by atoms with E-state index in [0.29, 0.717) is 17.6 Å². The van der Waals surface area contributed by atoms with E-state index in [4.69, 9.17) is 5.73 Å². The standard InChI is InChI=1S/C12H17N7OS/c1-2-6-19-9(7-13)17-18-12(19)21-8-10(20)16-11-14-4-3-5-15-11/h3-5H,2,6-8,13H2,1H3,(H,14,15,16,20). The summed E-state index contributed by atoms with van der Waals surface area (Å²) in [5.74, 6) is 1.04. The highest BCUT2D eigenvalue weighted by molar-refractivity contribution is 7.99. The van der Waals surface area contributed by atoms with Crippen LogP contribution in [0.5, 0.6) is 0 Å². The Balaban J connectivity index is 1.93. The predicted octanol–water partition coefficient (Wildman–Crippen LogP) is 0.668. The van der Waals surface area contributed by atoms with Crippen molar-refractivity contribution in [2.24, 2.45) is 5.73 Å². The molecule has 0 spiro atoms. The molecule has 0 saturated heterocycles. The second-order valence-corrected chi connectivity index (χ2v) is 5.11. The number of amides is 1. The number of carbonyl (C=O) groups is 1. The topological polar surface area (TPSA) is 112 Å². The minimum Gasteiger partial charge on any atom is -0.324 e. The van der Waals surface area contributed by atoms with Gasteiger partial charge in [0.05, 0.1) is 12.3 Å². The normalized spacial score (nSPS) is 10.6. The maximum absolute atomic E-state index is 11.8. The molecule has 2 aromatic rings. The predicted molar refractivity (Wildman–Crippen MR) is 79.6 cm³/mol. The van der Waals surface area contributed by atoms with Gasteiger partial charge in [-0.3, -0.25) is 10.1 Å². The molecule has 0 unspecified atom stereocenters. The number of rotatable bonds is 7. The molecule has 9 heteroatoms. The molecule has 1 amide bonds. The lowest BCUT2D eigenvalue weighted by Gasteiger charge is -2.07. The van der Waals surface area contributed by atoms with Crippen molar-refractivity contribution in [1.29, 1.82) is 0 Å². The summed E-state index contributed by atoms with van der Waals surface area (Å²) in [4.78, 5) is 19.7. The lowest BCUT2D eigenvalue weighted by Crippen LogP contribution is -2.16. The summed E-state index contributed by atoms with van der Waals surface area (Å²) < 4.78 is 1.94. The van der Waals surface area contributed by atoms with Crippen LogP contribution in [0.1, 0.15) is 19.2 Å². The smallest absolute Gasteiger partial charge is 0.237 e. The molecule has 2 aromatic heterocycles. The molecule has 21 heavy (non-hydrogen) atoms. The van der Waals surface area contributed by atoms with Crippen molar-refractivity contribution in [1.82, 2.24) is 24.7 Å². The third-order valence-electron chi connectivity index (χ3n) is 2.57. The number of carbonyl (C=O) groups excluding carboxylic acids is 1. The first-order valence-corrected chi connectivity index (χ1v) is 7.55. The fourth-order valence-corrected chi connectivity index (χ4v) is 2.46. The Labute approximate surface area is 126 Å². The third-order valence-corrected chi connectivity index (χ3v) is 3.54. The lowest BCUT2D eigenvalue weighted by molar-refractivity contribution is -0.113. The van der Waals surface area contributed by atoms with Crippen LogP contribution in [0.3, 0.4) is 0 Å². The maximum Gasteiger partial charge on any atom is 0.237 e. The van der Waals surface area contributed by atoms with Gasteiger partial charge in [0.1, 0.15) is 5.82 Å². The summed E-state index contributed by atoms with van der Waals surface area (Å²) >= 11 is 1.32. The second-order valence-electron chi connectivity index (χ2n) is 4.16. The summed E-state index contributed by atoms with van der Waals surface area (Å²) in [6.07, 6.45) is 4.09. The molecular weight excluding hydrogens is 290 g/mol. The third kappa shape index (κ3) is 4.23. The monoisotopic (exact) mass is 307 g/mol. The summed E-state index contributed by atoms with van der Waals surface area (Å²) in [5.41, 5.74) is 5.62. The van der Waals surface area contributed by atoms with Crippen molar-refractivity contribution in [3.63, 3.8) is 0 Å². The van der Waals surface area contributed by atoms with E-state index in [1.807, 2.05) is 4.57 Å². The zero-order valence-electron chi connectivity index (χ0n) is 11.7. The fraction of sp³-hybridized carbons (Fsp3) is 0.417. The highest BCUT2D eigenvalue weighted by Crippen LogP contribution is 2.17. The first-order valence-electron chi connectivity index (χ1n) is 6.56. The molecule has 0 atom stereocenters. The van der Waals surface area contributed by atoms with Crippen LogP contribution in [0.2, 0.25) is 0 Å². The van der Waals surface area contributed by atoms with Gasteiger partial charge in [-0.25, -0.2) is 9.97 Å². The van der Waals surface area contributed by atoms with Gasteiger partial charge in [-0.1, -0.05) is 18.7 Å². The van der Waals surface area contributed by atoms with Gasteiger partial charge >= 0.3 is 0 Å². The van der Waals surface area contributed by atoms with Gasteiger partial charge in [-0.05, 0) is 12.5 Å². The van der Waals surface area contributed by atoms with E-state index in [2.05, 4.69) is 32.4 Å². The number of thioether (sulfide) groups is 1. The van der Waals surface area contributed by atoms with Gasteiger partial charge in [-0.2, -0.15) is 0 Å². The van der Waals surface area contributed by atoms with Crippen molar-refractivity contribution in [2.45, 2.75) is 31.6 Å². The van der Waals surface area contributed by atoms with Gasteiger partial charge < -0.3 is 10.3 Å². The molecule has 112 valence electrons. The van der Waals surface area contributed by atoms with Crippen LogP contribution in [-0.2, 0) is 17.9 Å². The number of anilines is 1. The average molecular weight is 307 g/mol. The average Bonchev–Trinajstić information content (AvgIpc) is 2.89. The van der Waals surface area contributed by atoms with Crippen LogP contribution in [-0.4, -0.2) is 36.4 Å². The van der Waals surface area contributed by atoms with Crippen molar-refractivity contribution >= 4 is 23.6 Å². The summed E-state index contributed by atoms with van der Waals surface area (Å²) in [7, 11) is 0. The molecule has 0 aromatic carbocycles. The first kappa shape index (κ1) is 15.4. The summed E-state index contributed by atoms with van der Waals surface area (Å²) in [5, 5.41) is 11.4. The van der Waals surface area contributed by atoms with Crippen LogP contribution in [0.15, 0.2) is 23.6 Å². The van der Waals surface area contributed by atoms with Gasteiger partial charge in [0.25, 0.3) is 0 Å². The maximum atomic E-state index is 11.8. The van der Waals surface area contributed by atoms with Crippen molar-refractivity contribution < 1.29 is 4.79 Å². The van der Waals surface area contributed by atoms with Gasteiger partial charge in [0.2, 0.25) is 11.9 Å². The van der Waals surface area contributed by atoms with E-state index in [-0.39, 0.29) is 11.7 Å². The quantitative estimate of drug-likeness (QED) is 0.723. The van der Waals surface area contributed by atoms with Gasteiger partial charge in [-0.15, -0.1) is 10.2 Å². The summed E-state index contributed by atoms with van der Waals surface area (Å²) in [6, 6.07) is 1.69. The van der Waals surface area contributed by atoms with Crippen molar-refractivity contribution in [3.8, 4) is 0 Å². The molecule has 3 N–H and O–H groups in total. The van der Waals surface area contributed by atoms with E-state index in [0.717, 1.165) is 18.8 Å². The van der Waals surface area contributed by atoms with E-state index >= 15 is 0 Å². The molecular formula is C12H17N7OS. The molecule has 0 aliphatic rings. The number of hydrogen-bond donors (Lipinski definition) is 2. The van der Waals surface area contributed by atoms with Crippen LogP contribution in [0, 0.1) is 0 Å². The number of aromatic nitrogens is 5. The summed E-state index contributed by atoms with van der Waals surface area (Å²) in [6.45, 7) is 3.18. The SMILES string of the molecule is CCCn1c(CN)nnc1SCC(=O)Nc1ncccn1. The minimum absolute atomic E-state index is 0.188. The molecule has 0 radical (unpaired) electrons. The number of nitrogens with one attached hydrogen (secondary N) is 1. The number of hydrogen-bond acceptors (Lipinski definition) is 7.